The number of rotatable bonds is 5. The Kier molecular flexibility index (Phi) is 4.49. The van der Waals surface area contributed by atoms with Crippen LogP contribution in [0, 0.1) is 11.3 Å². The van der Waals surface area contributed by atoms with Crippen LogP contribution in [0.3, 0.4) is 0 Å². The molecule has 0 unspecified atom stereocenters. The van der Waals surface area contributed by atoms with Gasteiger partial charge in [-0.3, -0.25) is 0 Å². The van der Waals surface area contributed by atoms with E-state index in [-0.39, 0.29) is 6.04 Å². The predicted molar refractivity (Wildman–Crippen MR) is 107 cm³/mol. The largest absolute Gasteiger partial charge is 0.382 e. The molecule has 4 rings (SSSR count). The van der Waals surface area contributed by atoms with E-state index in [1.165, 1.54) is 0 Å². The topological polar surface area (TPSA) is 97.2 Å². The van der Waals surface area contributed by atoms with Crippen molar-refractivity contribution < 1.29 is 0 Å². The SMILES string of the molecule is CCn1cnc(-c2cnc(-n3ncc4cc(C#N)cnc43)cc2NC(C)C)c1. The second kappa shape index (κ2) is 7.12. The minimum Gasteiger partial charge on any atom is -0.382 e. The summed E-state index contributed by atoms with van der Waals surface area (Å²) in [7, 11) is 0. The molecule has 28 heavy (non-hydrogen) atoms. The fraction of sp³-hybridized carbons (Fsp3) is 0.250. The van der Waals surface area contributed by atoms with Crippen molar-refractivity contribution in [2.75, 3.05) is 5.32 Å². The third kappa shape index (κ3) is 3.18. The third-order valence-electron chi connectivity index (χ3n) is 4.36. The zero-order valence-corrected chi connectivity index (χ0v) is 16.0. The maximum absolute atomic E-state index is 9.05. The van der Waals surface area contributed by atoms with Gasteiger partial charge in [-0.2, -0.15) is 15.0 Å². The lowest BCUT2D eigenvalue weighted by Gasteiger charge is -2.15. The van der Waals surface area contributed by atoms with E-state index < -0.39 is 0 Å². The van der Waals surface area contributed by atoms with Crippen molar-refractivity contribution in [2.45, 2.75) is 33.4 Å². The maximum Gasteiger partial charge on any atom is 0.164 e. The Hall–Kier alpha value is -3.73. The number of fused-ring (bicyclic) bond motifs is 1. The quantitative estimate of drug-likeness (QED) is 0.577. The number of hydrogen-bond donors (Lipinski definition) is 1. The van der Waals surface area contributed by atoms with Crippen molar-refractivity contribution in [1.82, 2.24) is 29.3 Å². The van der Waals surface area contributed by atoms with E-state index in [1.807, 2.05) is 23.2 Å². The lowest BCUT2D eigenvalue weighted by molar-refractivity contribution is 0.762. The number of hydrogen-bond acceptors (Lipinski definition) is 6. The molecule has 0 amide bonds. The molecule has 0 saturated carbocycles. The van der Waals surface area contributed by atoms with Crippen molar-refractivity contribution in [2.24, 2.45) is 0 Å². The zero-order valence-electron chi connectivity index (χ0n) is 16.0. The van der Waals surface area contributed by atoms with Crippen molar-refractivity contribution >= 4 is 16.7 Å². The summed E-state index contributed by atoms with van der Waals surface area (Å²) >= 11 is 0. The van der Waals surface area contributed by atoms with Crippen molar-refractivity contribution in [3.8, 4) is 23.1 Å². The molecule has 4 aromatic rings. The monoisotopic (exact) mass is 372 g/mol. The van der Waals surface area contributed by atoms with E-state index in [0.717, 1.165) is 28.9 Å². The molecule has 0 bridgehead atoms. The second-order valence-electron chi connectivity index (χ2n) is 6.78. The molecule has 0 spiro atoms. The number of aryl methyl sites for hydroxylation is 1. The van der Waals surface area contributed by atoms with Crippen LogP contribution >= 0.6 is 0 Å². The number of aromatic nitrogens is 6. The smallest absolute Gasteiger partial charge is 0.164 e. The van der Waals surface area contributed by atoms with Crippen LogP contribution in [0.25, 0.3) is 28.1 Å². The highest BCUT2D eigenvalue weighted by Crippen LogP contribution is 2.29. The predicted octanol–water partition coefficient (Wildman–Crippen LogP) is 3.39. The van der Waals surface area contributed by atoms with Gasteiger partial charge in [0.25, 0.3) is 0 Å². The summed E-state index contributed by atoms with van der Waals surface area (Å²) in [5.74, 6) is 0.647. The Morgan fingerprint density at radius 3 is 2.71 bits per heavy atom. The van der Waals surface area contributed by atoms with E-state index in [9.17, 15) is 0 Å². The summed E-state index contributed by atoms with van der Waals surface area (Å²) in [5.41, 5.74) is 3.89. The molecule has 0 aliphatic carbocycles. The fourth-order valence-corrected chi connectivity index (χ4v) is 3.02. The normalized spacial score (nSPS) is 11.1. The van der Waals surface area contributed by atoms with Crippen LogP contribution in [0.15, 0.2) is 43.2 Å². The molecule has 0 aromatic carbocycles. The number of nitrogens with one attached hydrogen (secondary N) is 1. The Morgan fingerprint density at radius 1 is 1.14 bits per heavy atom. The van der Waals surface area contributed by atoms with Crippen molar-refractivity contribution in [3.63, 3.8) is 0 Å². The first-order chi connectivity index (χ1) is 13.6. The standard InChI is InChI=1S/C20H20N8/c1-4-27-11-18(24-12-27)16-10-22-19(6-17(16)26-13(2)3)28-20-15(9-25-28)5-14(7-21)8-23-20/h5-6,8-13H,4H2,1-3H3,(H,22,26). The Bertz CT molecular complexity index is 1180. The van der Waals surface area contributed by atoms with Crippen LogP contribution in [0.2, 0.25) is 0 Å². The number of nitrogens with zero attached hydrogens (tertiary/aromatic N) is 7. The molecular formula is C20H20N8. The molecular weight excluding hydrogens is 352 g/mol. The Balaban J connectivity index is 1.82. The first-order valence-corrected chi connectivity index (χ1v) is 9.12. The molecule has 0 fully saturated rings. The van der Waals surface area contributed by atoms with E-state index in [4.69, 9.17) is 5.26 Å². The Morgan fingerprint density at radius 2 is 2.00 bits per heavy atom. The minimum atomic E-state index is 0.243. The first-order valence-electron chi connectivity index (χ1n) is 9.12. The molecule has 8 nitrogen and oxygen atoms in total. The summed E-state index contributed by atoms with van der Waals surface area (Å²) in [6, 6.07) is 6.06. The van der Waals surface area contributed by atoms with Gasteiger partial charge in [0.15, 0.2) is 11.5 Å². The molecule has 0 radical (unpaired) electrons. The summed E-state index contributed by atoms with van der Waals surface area (Å²) in [6.45, 7) is 7.11. The Labute approximate surface area is 162 Å². The van der Waals surface area contributed by atoms with Crippen molar-refractivity contribution in [3.05, 3.63) is 48.8 Å². The van der Waals surface area contributed by atoms with Crippen LogP contribution in [-0.2, 0) is 6.54 Å². The lowest BCUT2D eigenvalue weighted by atomic mass is 10.1. The lowest BCUT2D eigenvalue weighted by Crippen LogP contribution is -2.12. The minimum absolute atomic E-state index is 0.243. The van der Waals surface area contributed by atoms with Crippen LogP contribution in [0.4, 0.5) is 5.69 Å². The molecule has 140 valence electrons. The molecule has 4 heterocycles. The second-order valence-corrected chi connectivity index (χ2v) is 6.78. The van der Waals surface area contributed by atoms with Crippen molar-refractivity contribution in [1.29, 1.82) is 5.26 Å². The zero-order chi connectivity index (χ0) is 19.7. The van der Waals surface area contributed by atoms with E-state index in [0.29, 0.717) is 17.0 Å². The number of anilines is 1. The van der Waals surface area contributed by atoms with E-state index >= 15 is 0 Å². The molecule has 0 aliphatic rings. The summed E-state index contributed by atoms with van der Waals surface area (Å²) in [5, 5.41) is 17.7. The van der Waals surface area contributed by atoms with E-state index in [2.05, 4.69) is 52.2 Å². The average molecular weight is 372 g/mol. The number of nitriles is 1. The number of imidazole rings is 1. The molecule has 8 heteroatoms. The van der Waals surface area contributed by atoms with Crippen LogP contribution in [0.5, 0.6) is 0 Å². The highest BCUT2D eigenvalue weighted by atomic mass is 15.3. The molecule has 0 saturated heterocycles. The van der Waals surface area contributed by atoms with Gasteiger partial charge < -0.3 is 9.88 Å². The molecule has 1 N–H and O–H groups in total. The van der Waals surface area contributed by atoms with Gasteiger partial charge >= 0.3 is 0 Å². The maximum atomic E-state index is 9.05. The van der Waals surface area contributed by atoms with Gasteiger partial charge in [0, 0.05) is 53.9 Å². The van der Waals surface area contributed by atoms with Gasteiger partial charge in [-0.05, 0) is 26.8 Å². The average Bonchev–Trinajstić information content (AvgIpc) is 3.33. The highest BCUT2D eigenvalue weighted by molar-refractivity contribution is 5.79. The van der Waals surface area contributed by atoms with Gasteiger partial charge in [-0.15, -0.1) is 0 Å². The van der Waals surface area contributed by atoms with Crippen LogP contribution in [-0.4, -0.2) is 35.3 Å². The van der Waals surface area contributed by atoms with Gasteiger partial charge in [0.05, 0.1) is 23.8 Å². The summed E-state index contributed by atoms with van der Waals surface area (Å²) < 4.78 is 3.70. The summed E-state index contributed by atoms with van der Waals surface area (Å²) in [4.78, 5) is 13.5. The summed E-state index contributed by atoms with van der Waals surface area (Å²) in [6.07, 6.45) is 8.87. The molecule has 0 aliphatic heterocycles. The third-order valence-corrected chi connectivity index (χ3v) is 4.36. The van der Waals surface area contributed by atoms with Gasteiger partial charge in [0.1, 0.15) is 6.07 Å². The van der Waals surface area contributed by atoms with Gasteiger partial charge in [-0.1, -0.05) is 0 Å². The molecule has 4 aromatic heterocycles. The van der Waals surface area contributed by atoms with Gasteiger partial charge in [-0.25, -0.2) is 15.0 Å². The first kappa shape index (κ1) is 17.7. The van der Waals surface area contributed by atoms with Crippen LogP contribution < -0.4 is 5.32 Å². The van der Waals surface area contributed by atoms with Gasteiger partial charge in [0.2, 0.25) is 0 Å². The highest BCUT2D eigenvalue weighted by Gasteiger charge is 2.14. The molecule has 0 atom stereocenters. The fourth-order valence-electron chi connectivity index (χ4n) is 3.02. The number of pyridine rings is 2. The van der Waals surface area contributed by atoms with Crippen LogP contribution in [0.1, 0.15) is 26.3 Å². The van der Waals surface area contributed by atoms with E-state index in [1.54, 1.807) is 29.3 Å².